The zero-order valence-electron chi connectivity index (χ0n) is 13.9. The summed E-state index contributed by atoms with van der Waals surface area (Å²) in [7, 11) is 0. The fraction of sp³-hybridized carbons (Fsp3) is 0.100. The van der Waals surface area contributed by atoms with E-state index < -0.39 is 0 Å². The number of benzene rings is 2. The molecular weight excluding hydrogens is 369 g/mol. The highest BCUT2D eigenvalue weighted by Gasteiger charge is 2.31. The van der Waals surface area contributed by atoms with Gasteiger partial charge in [-0.05, 0) is 29.8 Å². The van der Waals surface area contributed by atoms with Gasteiger partial charge in [-0.3, -0.25) is 9.69 Å². The van der Waals surface area contributed by atoms with Crippen LogP contribution in [0, 0.1) is 5.82 Å². The van der Waals surface area contributed by atoms with E-state index >= 15 is 0 Å². The topological polar surface area (TPSA) is 29.5 Å². The molecule has 0 spiro atoms. The van der Waals surface area contributed by atoms with E-state index in [1.807, 2.05) is 24.3 Å². The lowest BCUT2D eigenvalue weighted by Gasteiger charge is -2.11. The molecular formula is C20H16FNO2S2. The molecule has 0 unspecified atom stereocenters. The quantitative estimate of drug-likeness (QED) is 0.406. The van der Waals surface area contributed by atoms with Crippen molar-refractivity contribution < 1.29 is 13.9 Å². The van der Waals surface area contributed by atoms with Crippen molar-refractivity contribution in [3.05, 3.63) is 83.0 Å². The molecule has 1 amide bonds. The SMILES string of the molecule is C=CCN1C(=O)/C(=C/c2ccccc2OCc2ccc(F)cc2)SC1=S. The molecule has 0 N–H and O–H groups in total. The van der Waals surface area contributed by atoms with Crippen LogP contribution < -0.4 is 4.74 Å². The van der Waals surface area contributed by atoms with Crippen LogP contribution in [0.5, 0.6) is 5.75 Å². The first kappa shape index (κ1) is 18.4. The van der Waals surface area contributed by atoms with Gasteiger partial charge in [0.2, 0.25) is 0 Å². The highest BCUT2D eigenvalue weighted by Crippen LogP contribution is 2.34. The lowest BCUT2D eigenvalue weighted by molar-refractivity contribution is -0.121. The fourth-order valence-corrected chi connectivity index (χ4v) is 3.67. The van der Waals surface area contributed by atoms with E-state index in [0.717, 1.165) is 11.1 Å². The zero-order valence-corrected chi connectivity index (χ0v) is 15.5. The summed E-state index contributed by atoms with van der Waals surface area (Å²) in [6.07, 6.45) is 3.43. The highest BCUT2D eigenvalue weighted by atomic mass is 32.2. The molecule has 0 atom stereocenters. The maximum Gasteiger partial charge on any atom is 0.266 e. The van der Waals surface area contributed by atoms with Gasteiger partial charge in [-0.1, -0.05) is 60.4 Å². The Balaban J connectivity index is 1.79. The molecule has 2 aromatic rings. The molecule has 1 aliphatic heterocycles. The van der Waals surface area contributed by atoms with Crippen LogP contribution in [0.15, 0.2) is 66.1 Å². The molecule has 0 aromatic heterocycles. The molecule has 0 radical (unpaired) electrons. The van der Waals surface area contributed by atoms with Crippen LogP contribution in [-0.4, -0.2) is 21.7 Å². The smallest absolute Gasteiger partial charge is 0.266 e. The predicted octanol–water partition coefficient (Wildman–Crippen LogP) is 4.79. The van der Waals surface area contributed by atoms with Gasteiger partial charge in [0.05, 0.1) is 4.91 Å². The minimum absolute atomic E-state index is 0.131. The third-order valence-electron chi connectivity index (χ3n) is 3.70. The Kier molecular flexibility index (Phi) is 5.85. The summed E-state index contributed by atoms with van der Waals surface area (Å²) in [5.74, 6) is 0.231. The molecule has 0 bridgehead atoms. The van der Waals surface area contributed by atoms with Gasteiger partial charge in [0.1, 0.15) is 22.5 Å². The van der Waals surface area contributed by atoms with Crippen molar-refractivity contribution >= 4 is 40.3 Å². The highest BCUT2D eigenvalue weighted by molar-refractivity contribution is 8.26. The summed E-state index contributed by atoms with van der Waals surface area (Å²) >= 11 is 6.52. The first-order valence-electron chi connectivity index (χ1n) is 7.91. The second-order valence-electron chi connectivity index (χ2n) is 5.53. The molecule has 3 rings (SSSR count). The summed E-state index contributed by atoms with van der Waals surface area (Å²) in [5, 5.41) is 0. The van der Waals surface area contributed by atoms with Gasteiger partial charge < -0.3 is 4.74 Å². The van der Waals surface area contributed by atoms with E-state index in [0.29, 0.717) is 28.1 Å². The van der Waals surface area contributed by atoms with E-state index in [1.165, 1.54) is 28.8 Å². The fourth-order valence-electron chi connectivity index (χ4n) is 2.40. The largest absolute Gasteiger partial charge is 0.488 e. The maximum absolute atomic E-state index is 13.0. The Morgan fingerprint density at radius 1 is 1.19 bits per heavy atom. The lowest BCUT2D eigenvalue weighted by atomic mass is 10.1. The molecule has 1 aliphatic rings. The van der Waals surface area contributed by atoms with Gasteiger partial charge in [-0.15, -0.1) is 6.58 Å². The van der Waals surface area contributed by atoms with Crippen LogP contribution in [0.2, 0.25) is 0 Å². The number of para-hydroxylation sites is 1. The second kappa shape index (κ2) is 8.29. The summed E-state index contributed by atoms with van der Waals surface area (Å²) in [4.78, 5) is 14.5. The Morgan fingerprint density at radius 2 is 1.92 bits per heavy atom. The van der Waals surface area contributed by atoms with Gasteiger partial charge in [0.15, 0.2) is 0 Å². The third kappa shape index (κ3) is 4.20. The summed E-state index contributed by atoms with van der Waals surface area (Å²) < 4.78 is 19.4. The first-order chi connectivity index (χ1) is 12.6. The van der Waals surface area contributed by atoms with Gasteiger partial charge in [-0.2, -0.15) is 0 Å². The van der Waals surface area contributed by atoms with Crippen LogP contribution in [0.25, 0.3) is 6.08 Å². The van der Waals surface area contributed by atoms with Crippen molar-refractivity contribution in [2.45, 2.75) is 6.61 Å². The van der Waals surface area contributed by atoms with Crippen LogP contribution in [0.1, 0.15) is 11.1 Å². The van der Waals surface area contributed by atoms with Crippen molar-refractivity contribution in [1.82, 2.24) is 4.90 Å². The molecule has 0 saturated carbocycles. The number of thiocarbonyl (C=S) groups is 1. The minimum Gasteiger partial charge on any atom is -0.488 e. The number of ether oxygens (including phenoxy) is 1. The molecule has 1 fully saturated rings. The second-order valence-corrected chi connectivity index (χ2v) is 7.21. The van der Waals surface area contributed by atoms with Crippen LogP contribution in [0.4, 0.5) is 4.39 Å². The Labute approximate surface area is 161 Å². The molecule has 26 heavy (non-hydrogen) atoms. The number of amides is 1. The van der Waals surface area contributed by atoms with Crippen molar-refractivity contribution in [3.8, 4) is 5.75 Å². The predicted molar refractivity (Wildman–Crippen MR) is 107 cm³/mol. The molecule has 3 nitrogen and oxygen atoms in total. The van der Waals surface area contributed by atoms with Crippen LogP contribution in [-0.2, 0) is 11.4 Å². The lowest BCUT2D eigenvalue weighted by Crippen LogP contribution is -2.27. The number of carbonyl (C=O) groups excluding carboxylic acids is 1. The number of rotatable bonds is 6. The average molecular weight is 385 g/mol. The molecule has 132 valence electrons. The minimum atomic E-state index is -0.282. The van der Waals surface area contributed by atoms with Crippen molar-refractivity contribution in [2.24, 2.45) is 0 Å². The number of carbonyl (C=O) groups is 1. The number of nitrogens with zero attached hydrogens (tertiary/aromatic N) is 1. The first-order valence-corrected chi connectivity index (χ1v) is 9.13. The van der Waals surface area contributed by atoms with E-state index in [9.17, 15) is 9.18 Å². The number of hydrogen-bond acceptors (Lipinski definition) is 4. The van der Waals surface area contributed by atoms with Crippen LogP contribution >= 0.6 is 24.0 Å². The van der Waals surface area contributed by atoms with E-state index in [2.05, 4.69) is 6.58 Å². The average Bonchev–Trinajstić information content (AvgIpc) is 2.90. The number of halogens is 1. The van der Waals surface area contributed by atoms with E-state index in [4.69, 9.17) is 17.0 Å². The van der Waals surface area contributed by atoms with Crippen molar-refractivity contribution in [1.29, 1.82) is 0 Å². The summed E-state index contributed by atoms with van der Waals surface area (Å²) in [6, 6.07) is 13.6. The van der Waals surface area contributed by atoms with Gasteiger partial charge >= 0.3 is 0 Å². The Morgan fingerprint density at radius 3 is 2.65 bits per heavy atom. The van der Waals surface area contributed by atoms with Gasteiger partial charge in [-0.25, -0.2) is 4.39 Å². The van der Waals surface area contributed by atoms with E-state index in [1.54, 1.807) is 24.3 Å². The molecule has 0 aliphatic carbocycles. The Bertz CT molecular complexity index is 878. The molecule has 6 heteroatoms. The summed E-state index contributed by atoms with van der Waals surface area (Å²) in [6.45, 7) is 4.35. The standard InChI is InChI=1S/C20H16FNO2S2/c1-2-11-22-19(23)18(26-20(22)25)12-15-5-3-4-6-17(15)24-13-14-7-9-16(21)10-8-14/h2-10,12H,1,11,13H2/b18-12-. The normalized spacial score (nSPS) is 15.6. The van der Waals surface area contributed by atoms with Gasteiger partial charge in [0, 0.05) is 12.1 Å². The Hall–Kier alpha value is -2.44. The monoisotopic (exact) mass is 385 g/mol. The zero-order chi connectivity index (χ0) is 18.5. The maximum atomic E-state index is 13.0. The summed E-state index contributed by atoms with van der Waals surface area (Å²) in [5.41, 5.74) is 1.65. The van der Waals surface area contributed by atoms with Gasteiger partial charge in [0.25, 0.3) is 5.91 Å². The van der Waals surface area contributed by atoms with E-state index in [-0.39, 0.29) is 11.7 Å². The van der Waals surface area contributed by atoms with Crippen molar-refractivity contribution in [3.63, 3.8) is 0 Å². The molecule has 1 saturated heterocycles. The third-order valence-corrected chi connectivity index (χ3v) is 5.08. The number of hydrogen-bond donors (Lipinski definition) is 0. The van der Waals surface area contributed by atoms with Crippen molar-refractivity contribution in [2.75, 3.05) is 6.54 Å². The number of thioether (sulfide) groups is 1. The molecule has 1 heterocycles. The molecule has 2 aromatic carbocycles. The van der Waals surface area contributed by atoms with Crippen LogP contribution in [0.3, 0.4) is 0 Å².